The van der Waals surface area contributed by atoms with Gasteiger partial charge < -0.3 is 10.1 Å². The Hall–Kier alpha value is -3.61. The molecule has 1 aliphatic heterocycles. The highest BCUT2D eigenvalue weighted by Gasteiger charge is 2.32. The predicted molar refractivity (Wildman–Crippen MR) is 199 cm³/mol. The Kier molecular flexibility index (Phi) is 12.8. The van der Waals surface area contributed by atoms with E-state index in [1.807, 2.05) is 42.5 Å². The average molecular weight is 750 g/mol. The number of benzene rings is 4. The lowest BCUT2D eigenvalue weighted by Crippen LogP contribution is -2.49. The van der Waals surface area contributed by atoms with Crippen LogP contribution in [0.3, 0.4) is 0 Å². The van der Waals surface area contributed by atoms with Crippen LogP contribution in [0.1, 0.15) is 60.1 Å². The van der Waals surface area contributed by atoms with Crippen LogP contribution in [0.15, 0.2) is 112 Å². The van der Waals surface area contributed by atoms with Gasteiger partial charge in [0.2, 0.25) is 10.0 Å². The fourth-order valence-electron chi connectivity index (χ4n) is 5.80. The first-order valence-electron chi connectivity index (χ1n) is 16.2. The monoisotopic (exact) mass is 748 g/mol. The van der Waals surface area contributed by atoms with Crippen molar-refractivity contribution in [2.75, 3.05) is 38.1 Å². The van der Waals surface area contributed by atoms with Crippen LogP contribution in [-0.2, 0) is 10.0 Å². The van der Waals surface area contributed by atoms with Gasteiger partial charge in [0.05, 0.1) is 23.1 Å². The van der Waals surface area contributed by atoms with Gasteiger partial charge in [0.1, 0.15) is 5.75 Å². The van der Waals surface area contributed by atoms with Crippen LogP contribution in [0.2, 0.25) is 0 Å². The lowest BCUT2D eigenvalue weighted by atomic mass is 9.96. The van der Waals surface area contributed by atoms with Crippen molar-refractivity contribution >= 4 is 54.9 Å². The summed E-state index contributed by atoms with van der Waals surface area (Å²) in [7, 11) is -3.70. The van der Waals surface area contributed by atoms with E-state index in [-0.39, 0.29) is 16.0 Å². The molecule has 0 spiro atoms. The molecule has 0 aliphatic carbocycles. The lowest BCUT2D eigenvalue weighted by molar-refractivity contribution is 0.0973. The number of nitrogens with one attached hydrogen (secondary N) is 2. The van der Waals surface area contributed by atoms with Gasteiger partial charge in [-0.25, -0.2) is 8.42 Å². The second-order valence-electron chi connectivity index (χ2n) is 11.6. The van der Waals surface area contributed by atoms with Gasteiger partial charge in [-0.1, -0.05) is 103 Å². The van der Waals surface area contributed by atoms with E-state index in [1.165, 1.54) is 11.1 Å². The van der Waals surface area contributed by atoms with E-state index >= 15 is 0 Å². The number of sulfonamides is 1. The number of hydrogen-bond acceptors (Lipinski definition) is 6. The van der Waals surface area contributed by atoms with Gasteiger partial charge in [-0.3, -0.25) is 15.0 Å². The van der Waals surface area contributed by atoms with Crippen molar-refractivity contribution in [3.05, 3.63) is 124 Å². The average Bonchev–Trinajstić information content (AvgIpc) is 3.10. The second-order valence-corrected chi connectivity index (χ2v) is 14.9. The fraction of sp³-hybridized carbons (Fsp3) is 0.297. The van der Waals surface area contributed by atoms with Crippen molar-refractivity contribution in [3.8, 4) is 5.75 Å². The number of carbonyl (C=O) groups excluding carboxylic acids is 1. The molecule has 4 aromatic carbocycles. The van der Waals surface area contributed by atoms with E-state index in [0.29, 0.717) is 49.8 Å². The molecule has 1 aliphatic rings. The Labute approximate surface area is 297 Å². The van der Waals surface area contributed by atoms with Crippen LogP contribution in [-0.4, -0.2) is 61.4 Å². The molecule has 0 unspecified atom stereocenters. The summed E-state index contributed by atoms with van der Waals surface area (Å²) in [5.41, 5.74) is 3.28. The first-order chi connectivity index (χ1) is 23.3. The van der Waals surface area contributed by atoms with Gasteiger partial charge >= 0.3 is 0 Å². The molecule has 5 rings (SSSR count). The van der Waals surface area contributed by atoms with E-state index in [4.69, 9.17) is 17.0 Å². The topological polar surface area (TPSA) is 91.0 Å². The third-order valence-corrected chi connectivity index (χ3v) is 10.9. The van der Waals surface area contributed by atoms with Gasteiger partial charge in [-0.05, 0) is 72.2 Å². The summed E-state index contributed by atoms with van der Waals surface area (Å²) >= 11 is 8.84. The van der Waals surface area contributed by atoms with Crippen LogP contribution < -0.4 is 15.4 Å². The van der Waals surface area contributed by atoms with Crippen molar-refractivity contribution < 1.29 is 17.9 Å². The van der Waals surface area contributed by atoms with E-state index in [0.717, 1.165) is 30.2 Å². The molecule has 0 atom stereocenters. The molecule has 252 valence electrons. The molecule has 0 bridgehead atoms. The minimum Gasteiger partial charge on any atom is -0.493 e. The number of piperazine rings is 1. The zero-order valence-corrected chi connectivity index (χ0v) is 30.2. The van der Waals surface area contributed by atoms with Gasteiger partial charge in [-0.2, -0.15) is 4.31 Å². The number of carbonyl (C=O) groups is 1. The first kappa shape index (κ1) is 35.7. The molecular formula is C37H41BrN4O4S2. The molecule has 48 heavy (non-hydrogen) atoms. The molecule has 1 fully saturated rings. The molecule has 1 saturated heterocycles. The Bertz CT molecular complexity index is 1730. The van der Waals surface area contributed by atoms with Gasteiger partial charge in [-0.15, -0.1) is 0 Å². The minimum absolute atomic E-state index is 0.0463. The summed E-state index contributed by atoms with van der Waals surface area (Å²) in [4.78, 5) is 15.7. The van der Waals surface area contributed by atoms with Crippen LogP contribution in [0, 0.1) is 0 Å². The molecule has 2 N–H and O–H groups in total. The number of nitrogens with zero attached hydrogens (tertiary/aromatic N) is 2. The summed E-state index contributed by atoms with van der Waals surface area (Å²) in [6.45, 7) is 4.65. The minimum atomic E-state index is -3.70. The van der Waals surface area contributed by atoms with E-state index in [9.17, 15) is 13.2 Å². The molecule has 0 aromatic heterocycles. The summed E-state index contributed by atoms with van der Waals surface area (Å²) in [6, 6.07) is 32.4. The van der Waals surface area contributed by atoms with Crippen LogP contribution in [0.25, 0.3) is 0 Å². The normalized spacial score (nSPS) is 14.1. The SMILES string of the molecule is CCCCCCOc1ccc(Br)cc1C(=O)NC(=S)Nc1ccc(S(=O)(=O)N2CCN(C(c3ccccc3)c3ccccc3)CC2)cc1. The quantitative estimate of drug-likeness (QED) is 0.107. The molecule has 0 saturated carbocycles. The molecule has 8 nitrogen and oxygen atoms in total. The fourth-order valence-corrected chi connectivity index (χ4v) is 7.79. The molecule has 1 amide bonds. The van der Waals surface area contributed by atoms with Crippen molar-refractivity contribution in [1.29, 1.82) is 0 Å². The highest BCUT2D eigenvalue weighted by atomic mass is 79.9. The third kappa shape index (κ3) is 9.29. The third-order valence-electron chi connectivity index (χ3n) is 8.29. The zero-order chi connectivity index (χ0) is 33.9. The maximum atomic E-state index is 13.6. The number of amides is 1. The Morgan fingerprint density at radius 2 is 1.48 bits per heavy atom. The molecular weight excluding hydrogens is 708 g/mol. The van der Waals surface area contributed by atoms with Crippen molar-refractivity contribution in [1.82, 2.24) is 14.5 Å². The Morgan fingerprint density at radius 3 is 2.08 bits per heavy atom. The first-order valence-corrected chi connectivity index (χ1v) is 18.9. The molecule has 0 radical (unpaired) electrons. The smallest absolute Gasteiger partial charge is 0.261 e. The number of ether oxygens (including phenoxy) is 1. The maximum absolute atomic E-state index is 13.6. The lowest BCUT2D eigenvalue weighted by Gasteiger charge is -2.39. The van der Waals surface area contributed by atoms with E-state index in [2.05, 4.69) is 62.7 Å². The van der Waals surface area contributed by atoms with E-state index in [1.54, 1.807) is 40.7 Å². The van der Waals surface area contributed by atoms with Crippen LogP contribution >= 0.6 is 28.1 Å². The number of unbranched alkanes of at least 4 members (excludes halogenated alkanes) is 3. The summed E-state index contributed by atoms with van der Waals surface area (Å²) in [5.74, 6) is 0.0820. The molecule has 1 heterocycles. The van der Waals surface area contributed by atoms with Gasteiger partial charge in [0.25, 0.3) is 5.91 Å². The number of thiocarbonyl (C=S) groups is 1. The summed E-state index contributed by atoms with van der Waals surface area (Å²) in [5, 5.41) is 5.78. The highest BCUT2D eigenvalue weighted by molar-refractivity contribution is 9.10. The Morgan fingerprint density at radius 1 is 0.854 bits per heavy atom. The summed E-state index contributed by atoms with van der Waals surface area (Å²) in [6.07, 6.45) is 4.27. The van der Waals surface area contributed by atoms with Crippen LogP contribution in [0.4, 0.5) is 5.69 Å². The maximum Gasteiger partial charge on any atom is 0.261 e. The predicted octanol–water partition coefficient (Wildman–Crippen LogP) is 7.63. The van der Waals surface area contributed by atoms with Crippen molar-refractivity contribution in [2.45, 2.75) is 43.5 Å². The molecule has 4 aromatic rings. The number of rotatable bonds is 13. The zero-order valence-electron chi connectivity index (χ0n) is 27.0. The van der Waals surface area contributed by atoms with Crippen molar-refractivity contribution in [3.63, 3.8) is 0 Å². The largest absolute Gasteiger partial charge is 0.493 e. The number of hydrogen-bond donors (Lipinski definition) is 2. The van der Waals surface area contributed by atoms with Gasteiger partial charge in [0.15, 0.2) is 5.11 Å². The van der Waals surface area contributed by atoms with Crippen molar-refractivity contribution in [2.24, 2.45) is 0 Å². The number of halogens is 1. The molecule has 11 heteroatoms. The van der Waals surface area contributed by atoms with Gasteiger partial charge in [0, 0.05) is 36.3 Å². The standard InChI is InChI=1S/C37H41BrN4O4S2/c1-2-3-4-11-26-46-34-21-16-30(38)27-33(34)36(43)40-37(47)39-31-17-19-32(20-18-31)48(44,45)42-24-22-41(23-25-42)35(28-12-7-5-8-13-28)29-14-9-6-10-15-29/h5-10,12-21,27,35H,2-4,11,22-26H2,1H3,(H2,39,40,43,47). The van der Waals surface area contributed by atoms with E-state index < -0.39 is 15.9 Å². The highest BCUT2D eigenvalue weighted by Crippen LogP contribution is 2.31. The number of anilines is 1. The second kappa shape index (κ2) is 17.2. The van der Waals surface area contributed by atoms with Crippen LogP contribution in [0.5, 0.6) is 5.75 Å². The Balaban J connectivity index is 1.17. The summed E-state index contributed by atoms with van der Waals surface area (Å²) < 4.78 is 35.4.